The lowest BCUT2D eigenvalue weighted by atomic mass is 10.1. The van der Waals surface area contributed by atoms with Gasteiger partial charge in [0, 0.05) is 17.2 Å². The van der Waals surface area contributed by atoms with Crippen molar-refractivity contribution in [2.75, 3.05) is 0 Å². The van der Waals surface area contributed by atoms with Crippen molar-refractivity contribution in [1.29, 1.82) is 0 Å². The number of hydrogen-bond acceptors (Lipinski definition) is 1. The lowest BCUT2D eigenvalue weighted by Crippen LogP contribution is -2.30. The molecule has 1 N–H and O–H groups in total. The fraction of sp³-hybridized carbons (Fsp3) is 0.250. The van der Waals surface area contributed by atoms with Crippen LogP contribution >= 0.6 is 0 Å². The average molecular weight is 187 g/mol. The molecule has 0 saturated carbocycles. The van der Waals surface area contributed by atoms with E-state index in [-0.39, 0.29) is 11.9 Å². The third kappa shape index (κ3) is 2.63. The van der Waals surface area contributed by atoms with Gasteiger partial charge in [-0.1, -0.05) is 12.0 Å². The van der Waals surface area contributed by atoms with E-state index in [2.05, 4.69) is 11.2 Å². The van der Waals surface area contributed by atoms with Crippen LogP contribution in [-0.2, 0) is 0 Å². The Morgan fingerprint density at radius 3 is 2.79 bits per heavy atom. The van der Waals surface area contributed by atoms with E-state index in [1.807, 2.05) is 13.8 Å². The first-order valence-electron chi connectivity index (χ1n) is 4.51. The maximum atomic E-state index is 11.5. The standard InChI is InChI=1S/C12H13NO/c1-4-10-6-5-7-11(8-10)12(14)13-9(2)3/h1,5-9H,2-3H3,(H,13,14). The molecule has 1 amide bonds. The number of hydrogen-bond donors (Lipinski definition) is 1. The second-order valence-corrected chi connectivity index (χ2v) is 3.35. The number of benzene rings is 1. The second kappa shape index (κ2) is 4.48. The molecule has 2 heteroatoms. The topological polar surface area (TPSA) is 29.1 Å². The third-order valence-electron chi connectivity index (χ3n) is 1.71. The molecule has 0 radical (unpaired) electrons. The summed E-state index contributed by atoms with van der Waals surface area (Å²) in [4.78, 5) is 11.5. The number of rotatable bonds is 2. The molecule has 0 aliphatic heterocycles. The summed E-state index contributed by atoms with van der Waals surface area (Å²) in [6.07, 6.45) is 5.24. The SMILES string of the molecule is C#Cc1cccc(C(=O)NC(C)C)c1. The quantitative estimate of drug-likeness (QED) is 0.703. The number of amides is 1. The molecule has 0 aromatic heterocycles. The molecule has 0 aliphatic rings. The number of carbonyl (C=O) groups is 1. The highest BCUT2D eigenvalue weighted by atomic mass is 16.1. The van der Waals surface area contributed by atoms with Crippen LogP contribution in [0.4, 0.5) is 0 Å². The van der Waals surface area contributed by atoms with Crippen molar-refractivity contribution in [3.8, 4) is 12.3 Å². The van der Waals surface area contributed by atoms with Crippen LogP contribution in [0, 0.1) is 12.3 Å². The van der Waals surface area contributed by atoms with E-state index in [1.54, 1.807) is 24.3 Å². The average Bonchev–Trinajstić information content (AvgIpc) is 2.17. The van der Waals surface area contributed by atoms with Gasteiger partial charge in [-0.3, -0.25) is 4.79 Å². The number of terminal acetylenes is 1. The van der Waals surface area contributed by atoms with Gasteiger partial charge in [-0.15, -0.1) is 6.42 Å². The van der Waals surface area contributed by atoms with Crippen molar-refractivity contribution in [3.05, 3.63) is 35.4 Å². The molecular weight excluding hydrogens is 174 g/mol. The summed E-state index contributed by atoms with van der Waals surface area (Å²) in [7, 11) is 0. The minimum Gasteiger partial charge on any atom is -0.350 e. The molecule has 0 bridgehead atoms. The van der Waals surface area contributed by atoms with E-state index in [0.717, 1.165) is 5.56 Å². The van der Waals surface area contributed by atoms with E-state index in [9.17, 15) is 4.79 Å². The summed E-state index contributed by atoms with van der Waals surface area (Å²) in [6.45, 7) is 3.84. The van der Waals surface area contributed by atoms with E-state index in [1.165, 1.54) is 0 Å². The van der Waals surface area contributed by atoms with Gasteiger partial charge < -0.3 is 5.32 Å². The summed E-state index contributed by atoms with van der Waals surface area (Å²) < 4.78 is 0. The molecule has 72 valence electrons. The number of nitrogens with one attached hydrogen (secondary N) is 1. The first-order chi connectivity index (χ1) is 6.63. The van der Waals surface area contributed by atoms with Gasteiger partial charge >= 0.3 is 0 Å². The molecule has 0 atom stereocenters. The van der Waals surface area contributed by atoms with Gasteiger partial charge in [-0.2, -0.15) is 0 Å². The summed E-state index contributed by atoms with van der Waals surface area (Å²) in [5, 5.41) is 2.80. The molecule has 0 heterocycles. The van der Waals surface area contributed by atoms with Crippen LogP contribution in [0.3, 0.4) is 0 Å². The van der Waals surface area contributed by atoms with Gasteiger partial charge in [-0.25, -0.2) is 0 Å². The molecular formula is C12H13NO. The molecule has 1 rings (SSSR count). The summed E-state index contributed by atoms with van der Waals surface area (Å²) in [5.41, 5.74) is 1.33. The van der Waals surface area contributed by atoms with Crippen LogP contribution in [0.25, 0.3) is 0 Å². The van der Waals surface area contributed by atoms with Crippen LogP contribution in [-0.4, -0.2) is 11.9 Å². The lowest BCUT2D eigenvalue weighted by molar-refractivity contribution is 0.0943. The summed E-state index contributed by atoms with van der Waals surface area (Å²) >= 11 is 0. The van der Waals surface area contributed by atoms with E-state index in [0.29, 0.717) is 5.56 Å². The van der Waals surface area contributed by atoms with Crippen LogP contribution in [0.15, 0.2) is 24.3 Å². The van der Waals surface area contributed by atoms with E-state index >= 15 is 0 Å². The van der Waals surface area contributed by atoms with Gasteiger partial charge in [0.15, 0.2) is 0 Å². The van der Waals surface area contributed by atoms with E-state index in [4.69, 9.17) is 6.42 Å². The summed E-state index contributed by atoms with van der Waals surface area (Å²) in [5.74, 6) is 2.41. The zero-order valence-corrected chi connectivity index (χ0v) is 8.37. The molecule has 0 aliphatic carbocycles. The minimum absolute atomic E-state index is 0.0860. The van der Waals surface area contributed by atoms with Crippen molar-refractivity contribution in [3.63, 3.8) is 0 Å². The normalized spacial score (nSPS) is 9.57. The maximum absolute atomic E-state index is 11.5. The van der Waals surface area contributed by atoms with Gasteiger partial charge in [0.2, 0.25) is 0 Å². The van der Waals surface area contributed by atoms with Crippen molar-refractivity contribution < 1.29 is 4.79 Å². The van der Waals surface area contributed by atoms with Gasteiger partial charge in [0.05, 0.1) is 0 Å². The van der Waals surface area contributed by atoms with Crippen LogP contribution in [0.2, 0.25) is 0 Å². The first kappa shape index (κ1) is 10.3. The second-order valence-electron chi connectivity index (χ2n) is 3.35. The molecule has 2 nitrogen and oxygen atoms in total. The largest absolute Gasteiger partial charge is 0.350 e. The Labute approximate surface area is 84.3 Å². The highest BCUT2D eigenvalue weighted by molar-refractivity contribution is 5.94. The smallest absolute Gasteiger partial charge is 0.251 e. The Balaban J connectivity index is 2.86. The van der Waals surface area contributed by atoms with E-state index < -0.39 is 0 Å². The molecule has 14 heavy (non-hydrogen) atoms. The molecule has 0 unspecified atom stereocenters. The Bertz CT molecular complexity index is 374. The molecule has 1 aromatic rings. The Hall–Kier alpha value is -1.75. The maximum Gasteiger partial charge on any atom is 0.251 e. The van der Waals surface area contributed by atoms with Crippen LogP contribution in [0.1, 0.15) is 29.8 Å². The first-order valence-corrected chi connectivity index (χ1v) is 4.51. The fourth-order valence-electron chi connectivity index (χ4n) is 1.10. The van der Waals surface area contributed by atoms with Gasteiger partial charge in [-0.05, 0) is 32.0 Å². The monoisotopic (exact) mass is 187 g/mol. The Kier molecular flexibility index (Phi) is 3.30. The van der Waals surface area contributed by atoms with Crippen LogP contribution in [0.5, 0.6) is 0 Å². The lowest BCUT2D eigenvalue weighted by Gasteiger charge is -2.08. The fourth-order valence-corrected chi connectivity index (χ4v) is 1.10. The van der Waals surface area contributed by atoms with Gasteiger partial charge in [0.25, 0.3) is 5.91 Å². The van der Waals surface area contributed by atoms with Gasteiger partial charge in [0.1, 0.15) is 0 Å². The predicted octanol–water partition coefficient (Wildman–Crippen LogP) is 1.81. The molecule has 0 spiro atoms. The zero-order valence-electron chi connectivity index (χ0n) is 8.37. The van der Waals surface area contributed by atoms with Crippen molar-refractivity contribution in [2.45, 2.75) is 19.9 Å². The van der Waals surface area contributed by atoms with Crippen molar-refractivity contribution in [1.82, 2.24) is 5.32 Å². The van der Waals surface area contributed by atoms with Crippen LogP contribution < -0.4 is 5.32 Å². The molecule has 0 saturated heterocycles. The number of carbonyl (C=O) groups excluding carboxylic acids is 1. The minimum atomic E-state index is -0.0860. The third-order valence-corrected chi connectivity index (χ3v) is 1.71. The highest BCUT2D eigenvalue weighted by Crippen LogP contribution is 2.04. The highest BCUT2D eigenvalue weighted by Gasteiger charge is 2.06. The Morgan fingerprint density at radius 1 is 1.50 bits per heavy atom. The molecule has 0 fully saturated rings. The summed E-state index contributed by atoms with van der Waals surface area (Å²) in [6, 6.07) is 7.17. The molecule has 1 aromatic carbocycles. The Morgan fingerprint density at radius 2 is 2.21 bits per heavy atom. The predicted molar refractivity (Wildman–Crippen MR) is 57.0 cm³/mol. The van der Waals surface area contributed by atoms with Crippen molar-refractivity contribution >= 4 is 5.91 Å². The zero-order chi connectivity index (χ0) is 10.6. The van der Waals surface area contributed by atoms with Crippen molar-refractivity contribution in [2.24, 2.45) is 0 Å².